The monoisotopic (exact) mass is 355 g/mol. The van der Waals surface area contributed by atoms with Gasteiger partial charge in [0.1, 0.15) is 0 Å². The molecule has 132 valence electrons. The van der Waals surface area contributed by atoms with E-state index in [4.69, 9.17) is 0 Å². The third-order valence-corrected chi connectivity index (χ3v) is 5.12. The fourth-order valence-corrected chi connectivity index (χ4v) is 3.22. The molecular weight excluding hydrogens is 330 g/mol. The number of aryl methyl sites for hydroxylation is 2. The van der Waals surface area contributed by atoms with Gasteiger partial charge in [-0.15, -0.1) is 0 Å². The number of hydrogen-bond donors (Lipinski definition) is 1. The zero-order valence-electron chi connectivity index (χ0n) is 14.9. The van der Waals surface area contributed by atoms with E-state index < -0.39 is 0 Å². The van der Waals surface area contributed by atoms with Gasteiger partial charge in [-0.1, -0.05) is 42.5 Å². The number of ketones is 1. The van der Waals surface area contributed by atoms with Crippen LogP contribution in [0.1, 0.15) is 39.9 Å². The largest absolute Gasteiger partial charge is 0.355 e. The topological polar surface area (TPSA) is 46.2 Å². The third kappa shape index (κ3) is 6.75. The minimum absolute atomic E-state index is 0.0247. The highest BCUT2D eigenvalue weighted by Crippen LogP contribution is 2.13. The molecule has 2 aromatic carbocycles. The summed E-state index contributed by atoms with van der Waals surface area (Å²) in [7, 11) is 0. The van der Waals surface area contributed by atoms with Crippen molar-refractivity contribution < 1.29 is 9.59 Å². The highest BCUT2D eigenvalue weighted by molar-refractivity contribution is 7.98. The number of Topliss-reactive ketones (excluding diaryl/α,β-unsaturated/α-hetero) is 1. The van der Waals surface area contributed by atoms with Crippen molar-refractivity contribution in [2.45, 2.75) is 32.4 Å². The first-order valence-corrected chi connectivity index (χ1v) is 9.70. The Balaban J connectivity index is 1.61. The van der Waals surface area contributed by atoms with E-state index in [-0.39, 0.29) is 24.5 Å². The second-order valence-corrected chi connectivity index (χ2v) is 7.22. The summed E-state index contributed by atoms with van der Waals surface area (Å²) in [5.41, 5.74) is 4.25. The molecule has 0 spiro atoms. The van der Waals surface area contributed by atoms with E-state index in [1.54, 1.807) is 11.8 Å². The summed E-state index contributed by atoms with van der Waals surface area (Å²) in [5.74, 6) is 1.78. The SMILES string of the molecule is Cc1ccc(C(=O)CCC(=O)NCCSCc2ccccc2)cc1C. The Kier molecular flexibility index (Phi) is 7.74. The van der Waals surface area contributed by atoms with E-state index in [9.17, 15) is 9.59 Å². The predicted molar refractivity (Wildman–Crippen MR) is 105 cm³/mol. The van der Waals surface area contributed by atoms with Crippen molar-refractivity contribution in [1.82, 2.24) is 5.32 Å². The Bertz CT molecular complexity index is 713. The molecular formula is C21H25NO2S. The minimum atomic E-state index is -0.0579. The van der Waals surface area contributed by atoms with Crippen molar-refractivity contribution in [2.75, 3.05) is 12.3 Å². The highest BCUT2D eigenvalue weighted by Gasteiger charge is 2.10. The lowest BCUT2D eigenvalue weighted by molar-refractivity contribution is -0.120. The highest BCUT2D eigenvalue weighted by atomic mass is 32.2. The molecule has 4 heteroatoms. The summed E-state index contributed by atoms with van der Waals surface area (Å²) < 4.78 is 0. The molecule has 0 aromatic heterocycles. The van der Waals surface area contributed by atoms with E-state index >= 15 is 0 Å². The van der Waals surface area contributed by atoms with E-state index in [0.29, 0.717) is 12.1 Å². The quantitative estimate of drug-likeness (QED) is 0.538. The molecule has 3 nitrogen and oxygen atoms in total. The van der Waals surface area contributed by atoms with Crippen LogP contribution in [0.25, 0.3) is 0 Å². The molecule has 2 rings (SSSR count). The number of carbonyl (C=O) groups excluding carboxylic acids is 2. The summed E-state index contributed by atoms with van der Waals surface area (Å²) in [6.45, 7) is 4.65. The zero-order valence-corrected chi connectivity index (χ0v) is 15.7. The molecule has 0 heterocycles. The van der Waals surface area contributed by atoms with Crippen molar-refractivity contribution in [3.05, 3.63) is 70.8 Å². The van der Waals surface area contributed by atoms with Crippen molar-refractivity contribution in [3.63, 3.8) is 0 Å². The lowest BCUT2D eigenvalue weighted by Gasteiger charge is -2.06. The van der Waals surface area contributed by atoms with Gasteiger partial charge in [-0.3, -0.25) is 9.59 Å². The summed E-state index contributed by atoms with van der Waals surface area (Å²) in [4.78, 5) is 24.0. The Morgan fingerprint density at radius 1 is 0.960 bits per heavy atom. The van der Waals surface area contributed by atoms with Crippen molar-refractivity contribution in [3.8, 4) is 0 Å². The Morgan fingerprint density at radius 2 is 1.72 bits per heavy atom. The lowest BCUT2D eigenvalue weighted by Crippen LogP contribution is -2.26. The number of rotatable bonds is 9. The van der Waals surface area contributed by atoms with Gasteiger partial charge in [0.2, 0.25) is 5.91 Å². The van der Waals surface area contributed by atoms with E-state index in [1.807, 2.05) is 50.2 Å². The third-order valence-electron chi connectivity index (χ3n) is 4.09. The normalized spacial score (nSPS) is 10.5. The smallest absolute Gasteiger partial charge is 0.220 e. The van der Waals surface area contributed by atoms with Gasteiger partial charge in [-0.05, 0) is 36.6 Å². The summed E-state index contributed by atoms with van der Waals surface area (Å²) in [6, 6.07) is 16.0. The van der Waals surface area contributed by atoms with Crippen LogP contribution in [0.15, 0.2) is 48.5 Å². The second-order valence-electron chi connectivity index (χ2n) is 6.11. The van der Waals surface area contributed by atoms with Gasteiger partial charge in [0.15, 0.2) is 5.78 Å². The van der Waals surface area contributed by atoms with Crippen LogP contribution in [0.3, 0.4) is 0 Å². The molecule has 1 amide bonds. The molecule has 0 aliphatic carbocycles. The van der Waals surface area contributed by atoms with Gasteiger partial charge in [-0.2, -0.15) is 11.8 Å². The van der Waals surface area contributed by atoms with Crippen LogP contribution in [0, 0.1) is 13.8 Å². The number of thioether (sulfide) groups is 1. The summed E-state index contributed by atoms with van der Waals surface area (Å²) in [5, 5.41) is 2.88. The maximum Gasteiger partial charge on any atom is 0.220 e. The van der Waals surface area contributed by atoms with Crippen LogP contribution in [0.4, 0.5) is 0 Å². The van der Waals surface area contributed by atoms with Crippen LogP contribution in [-0.2, 0) is 10.5 Å². The van der Waals surface area contributed by atoms with Crippen molar-refractivity contribution in [2.24, 2.45) is 0 Å². The number of nitrogens with one attached hydrogen (secondary N) is 1. The molecule has 0 radical (unpaired) electrons. The Morgan fingerprint density at radius 3 is 2.44 bits per heavy atom. The molecule has 25 heavy (non-hydrogen) atoms. The fraction of sp³-hybridized carbons (Fsp3) is 0.333. The number of amides is 1. The first-order chi connectivity index (χ1) is 12.1. The maximum absolute atomic E-state index is 12.2. The van der Waals surface area contributed by atoms with E-state index in [1.165, 1.54) is 11.1 Å². The minimum Gasteiger partial charge on any atom is -0.355 e. The van der Waals surface area contributed by atoms with Gasteiger partial charge in [-0.25, -0.2) is 0 Å². The van der Waals surface area contributed by atoms with Crippen LogP contribution in [0.2, 0.25) is 0 Å². The molecule has 0 saturated heterocycles. The Hall–Kier alpha value is -2.07. The average Bonchev–Trinajstić information content (AvgIpc) is 2.62. The molecule has 0 saturated carbocycles. The van der Waals surface area contributed by atoms with Gasteiger partial charge in [0, 0.05) is 36.5 Å². The van der Waals surface area contributed by atoms with Gasteiger partial charge in [0.25, 0.3) is 0 Å². The number of hydrogen-bond acceptors (Lipinski definition) is 3. The number of carbonyl (C=O) groups is 2. The fourth-order valence-electron chi connectivity index (χ4n) is 2.40. The maximum atomic E-state index is 12.2. The van der Waals surface area contributed by atoms with Crippen molar-refractivity contribution in [1.29, 1.82) is 0 Å². The molecule has 0 atom stereocenters. The van der Waals surface area contributed by atoms with Gasteiger partial charge in [0.05, 0.1) is 0 Å². The van der Waals surface area contributed by atoms with Crippen LogP contribution in [-0.4, -0.2) is 24.0 Å². The van der Waals surface area contributed by atoms with Crippen LogP contribution < -0.4 is 5.32 Å². The van der Waals surface area contributed by atoms with Crippen LogP contribution >= 0.6 is 11.8 Å². The molecule has 1 N–H and O–H groups in total. The average molecular weight is 356 g/mol. The molecule has 0 bridgehead atoms. The second kappa shape index (κ2) is 10.0. The standard InChI is InChI=1S/C21H25NO2S/c1-16-8-9-19(14-17(16)2)20(23)10-11-21(24)22-12-13-25-15-18-6-4-3-5-7-18/h3-9,14H,10-13,15H2,1-2H3,(H,22,24). The first-order valence-electron chi connectivity index (χ1n) is 8.55. The van der Waals surface area contributed by atoms with Crippen LogP contribution in [0.5, 0.6) is 0 Å². The van der Waals surface area contributed by atoms with Crippen molar-refractivity contribution >= 4 is 23.5 Å². The molecule has 0 aliphatic rings. The number of benzene rings is 2. The summed E-state index contributed by atoms with van der Waals surface area (Å²) in [6.07, 6.45) is 0.501. The molecule has 2 aromatic rings. The van der Waals surface area contributed by atoms with Gasteiger partial charge < -0.3 is 5.32 Å². The summed E-state index contributed by atoms with van der Waals surface area (Å²) >= 11 is 1.79. The predicted octanol–water partition coefficient (Wildman–Crippen LogP) is 4.32. The Labute approximate surface area is 154 Å². The van der Waals surface area contributed by atoms with Gasteiger partial charge >= 0.3 is 0 Å². The molecule has 0 aliphatic heterocycles. The zero-order chi connectivity index (χ0) is 18.1. The van der Waals surface area contributed by atoms with E-state index in [0.717, 1.165) is 17.1 Å². The first kappa shape index (κ1) is 19.3. The van der Waals surface area contributed by atoms with E-state index in [2.05, 4.69) is 17.4 Å². The molecule has 0 unspecified atom stereocenters. The lowest BCUT2D eigenvalue weighted by atomic mass is 10.0. The molecule has 0 fully saturated rings.